The second-order valence-corrected chi connectivity index (χ2v) is 8.28. The number of anilines is 1. The maximum atomic E-state index is 11.9. The molecule has 1 amide bonds. The summed E-state index contributed by atoms with van der Waals surface area (Å²) in [6.45, 7) is 2.35. The van der Waals surface area contributed by atoms with Crippen LogP contribution in [0.5, 0.6) is 0 Å². The Bertz CT molecular complexity index is 583. The van der Waals surface area contributed by atoms with E-state index in [2.05, 4.69) is 10.0 Å². The second-order valence-electron chi connectivity index (χ2n) is 4.23. The van der Waals surface area contributed by atoms with Crippen molar-refractivity contribution in [2.75, 3.05) is 11.9 Å². The van der Waals surface area contributed by atoms with E-state index < -0.39 is 19.7 Å². The lowest BCUT2D eigenvalue weighted by Crippen LogP contribution is -2.27. The van der Waals surface area contributed by atoms with Crippen LogP contribution in [0.3, 0.4) is 0 Å². The van der Waals surface area contributed by atoms with Gasteiger partial charge in [-0.1, -0.05) is 48.1 Å². The summed E-state index contributed by atoms with van der Waals surface area (Å²) in [5.41, 5.74) is 0.332. The number of benzene rings is 1. The van der Waals surface area contributed by atoms with Gasteiger partial charge >= 0.3 is 0 Å². The number of alkyl halides is 3. The molecule has 0 aliphatic rings. The number of hydrogen-bond donors (Lipinski definition) is 2. The molecular formula is C12H15Cl3N2O3S. The molecule has 1 rings (SSSR count). The Morgan fingerprint density at radius 1 is 1.19 bits per heavy atom. The summed E-state index contributed by atoms with van der Waals surface area (Å²) in [6.07, 6.45) is 1.65. The van der Waals surface area contributed by atoms with E-state index in [1.165, 1.54) is 24.3 Å². The Kier molecular flexibility index (Phi) is 6.74. The summed E-state index contributed by atoms with van der Waals surface area (Å²) in [5.74, 6) is -0.816. The first-order valence-electron chi connectivity index (χ1n) is 6.14. The SMILES string of the molecule is CCCCNS(=O)(=O)c1ccc(NC(=O)C(Cl)(Cl)Cl)cc1. The molecule has 0 saturated heterocycles. The van der Waals surface area contributed by atoms with Gasteiger partial charge in [0.05, 0.1) is 4.90 Å². The van der Waals surface area contributed by atoms with Crippen molar-refractivity contribution in [3.05, 3.63) is 24.3 Å². The lowest BCUT2D eigenvalue weighted by Gasteiger charge is -2.12. The van der Waals surface area contributed by atoms with Gasteiger partial charge in [-0.05, 0) is 30.7 Å². The van der Waals surface area contributed by atoms with Crippen molar-refractivity contribution in [2.24, 2.45) is 0 Å². The van der Waals surface area contributed by atoms with Gasteiger partial charge in [0.1, 0.15) is 0 Å². The zero-order valence-corrected chi connectivity index (χ0v) is 14.3. The molecule has 9 heteroatoms. The van der Waals surface area contributed by atoms with Crippen LogP contribution in [0.1, 0.15) is 19.8 Å². The molecule has 0 fully saturated rings. The largest absolute Gasteiger partial charge is 0.322 e. The average Bonchev–Trinajstić information content (AvgIpc) is 2.38. The molecule has 0 aromatic heterocycles. The lowest BCUT2D eigenvalue weighted by atomic mass is 10.3. The van der Waals surface area contributed by atoms with Gasteiger partial charge in [0.25, 0.3) is 9.70 Å². The molecule has 0 saturated carbocycles. The maximum Gasteiger partial charge on any atom is 0.276 e. The fourth-order valence-electron chi connectivity index (χ4n) is 1.39. The lowest BCUT2D eigenvalue weighted by molar-refractivity contribution is -0.115. The van der Waals surface area contributed by atoms with Crippen LogP contribution in [-0.4, -0.2) is 24.7 Å². The number of rotatable bonds is 6. The summed E-state index contributed by atoms with van der Waals surface area (Å²) < 4.78 is 24.3. The van der Waals surface area contributed by atoms with Gasteiger partial charge in [0.2, 0.25) is 10.0 Å². The molecule has 0 heterocycles. The molecule has 0 atom stereocenters. The van der Waals surface area contributed by atoms with Crippen LogP contribution < -0.4 is 10.0 Å². The smallest absolute Gasteiger partial charge is 0.276 e. The minimum atomic E-state index is -3.55. The first kappa shape index (κ1) is 18.5. The molecular weight excluding hydrogens is 359 g/mol. The Balaban J connectivity index is 2.76. The van der Waals surface area contributed by atoms with Gasteiger partial charge < -0.3 is 5.32 Å². The van der Waals surface area contributed by atoms with Gasteiger partial charge in [-0.2, -0.15) is 0 Å². The monoisotopic (exact) mass is 372 g/mol. The predicted molar refractivity (Wildman–Crippen MR) is 85.5 cm³/mol. The molecule has 5 nitrogen and oxygen atoms in total. The van der Waals surface area contributed by atoms with E-state index in [1.807, 2.05) is 6.92 Å². The fraction of sp³-hybridized carbons (Fsp3) is 0.417. The topological polar surface area (TPSA) is 75.3 Å². The van der Waals surface area contributed by atoms with E-state index in [0.29, 0.717) is 12.2 Å². The summed E-state index contributed by atoms with van der Waals surface area (Å²) in [7, 11) is -3.55. The number of nitrogens with one attached hydrogen (secondary N) is 2. The normalized spacial score (nSPS) is 12.2. The molecule has 0 spiro atoms. The zero-order valence-electron chi connectivity index (χ0n) is 11.2. The third kappa shape index (κ3) is 6.00. The summed E-state index contributed by atoms with van der Waals surface area (Å²) in [4.78, 5) is 11.6. The van der Waals surface area contributed by atoms with Gasteiger partial charge in [-0.15, -0.1) is 0 Å². The average molecular weight is 374 g/mol. The van der Waals surface area contributed by atoms with Crippen LogP contribution in [-0.2, 0) is 14.8 Å². The highest BCUT2D eigenvalue weighted by molar-refractivity contribution is 7.89. The summed E-state index contributed by atoms with van der Waals surface area (Å²) in [5, 5.41) is 2.36. The molecule has 2 N–H and O–H groups in total. The van der Waals surface area contributed by atoms with Crippen LogP contribution in [0.4, 0.5) is 5.69 Å². The van der Waals surface area contributed by atoms with Crippen LogP contribution in [0, 0.1) is 0 Å². The number of carbonyl (C=O) groups excluding carboxylic acids is 1. The number of carbonyl (C=O) groups is 1. The first-order chi connectivity index (χ1) is 9.66. The highest BCUT2D eigenvalue weighted by Crippen LogP contribution is 2.27. The van der Waals surface area contributed by atoms with Crippen molar-refractivity contribution in [1.82, 2.24) is 4.72 Å². The fourth-order valence-corrected chi connectivity index (χ4v) is 2.60. The number of unbranched alkanes of at least 4 members (excludes halogenated alkanes) is 1. The zero-order chi connectivity index (χ0) is 16.1. The molecule has 1 aromatic rings. The number of amides is 1. The molecule has 0 radical (unpaired) electrons. The molecule has 0 aliphatic carbocycles. The van der Waals surface area contributed by atoms with Crippen LogP contribution in [0.25, 0.3) is 0 Å². The van der Waals surface area contributed by atoms with Crippen LogP contribution >= 0.6 is 34.8 Å². The van der Waals surface area contributed by atoms with Crippen molar-refractivity contribution < 1.29 is 13.2 Å². The Morgan fingerprint density at radius 2 is 1.76 bits per heavy atom. The number of sulfonamides is 1. The third-order valence-corrected chi connectivity index (χ3v) is 4.49. The molecule has 0 aliphatic heterocycles. The van der Waals surface area contributed by atoms with E-state index >= 15 is 0 Å². The predicted octanol–water partition coefficient (Wildman–Crippen LogP) is 3.07. The summed E-state index contributed by atoms with van der Waals surface area (Å²) in [6, 6.07) is 5.57. The first-order valence-corrected chi connectivity index (χ1v) is 8.76. The summed E-state index contributed by atoms with van der Waals surface area (Å²) >= 11 is 16.3. The molecule has 0 unspecified atom stereocenters. The van der Waals surface area contributed by atoms with Gasteiger partial charge in [0, 0.05) is 12.2 Å². The van der Waals surface area contributed by atoms with Crippen molar-refractivity contribution in [3.63, 3.8) is 0 Å². The minimum absolute atomic E-state index is 0.102. The number of hydrogen-bond acceptors (Lipinski definition) is 3. The van der Waals surface area contributed by atoms with Crippen molar-refractivity contribution in [1.29, 1.82) is 0 Å². The second kappa shape index (κ2) is 7.65. The maximum absolute atomic E-state index is 11.9. The van der Waals surface area contributed by atoms with E-state index in [0.717, 1.165) is 12.8 Å². The minimum Gasteiger partial charge on any atom is -0.322 e. The van der Waals surface area contributed by atoms with E-state index in [9.17, 15) is 13.2 Å². The van der Waals surface area contributed by atoms with E-state index in [4.69, 9.17) is 34.8 Å². The standard InChI is InChI=1S/C12H15Cl3N2O3S/c1-2-3-8-16-21(19,20)10-6-4-9(5-7-10)17-11(18)12(13,14)15/h4-7,16H,2-3,8H2,1H3,(H,17,18). The van der Waals surface area contributed by atoms with Crippen molar-refractivity contribution in [2.45, 2.75) is 28.5 Å². The molecule has 0 bridgehead atoms. The molecule has 1 aromatic carbocycles. The molecule has 118 valence electrons. The van der Waals surface area contributed by atoms with Crippen LogP contribution in [0.2, 0.25) is 0 Å². The highest BCUT2D eigenvalue weighted by atomic mass is 35.6. The van der Waals surface area contributed by atoms with Gasteiger partial charge in [-0.3, -0.25) is 4.79 Å². The Morgan fingerprint density at radius 3 is 2.24 bits per heavy atom. The van der Waals surface area contributed by atoms with E-state index in [1.54, 1.807) is 0 Å². The van der Waals surface area contributed by atoms with Crippen LogP contribution in [0.15, 0.2) is 29.2 Å². The van der Waals surface area contributed by atoms with Gasteiger partial charge in [0.15, 0.2) is 0 Å². The Hall–Kier alpha value is -0.530. The molecule has 21 heavy (non-hydrogen) atoms. The third-order valence-electron chi connectivity index (χ3n) is 2.50. The van der Waals surface area contributed by atoms with Gasteiger partial charge in [-0.25, -0.2) is 13.1 Å². The van der Waals surface area contributed by atoms with Crippen molar-refractivity contribution in [3.8, 4) is 0 Å². The van der Waals surface area contributed by atoms with E-state index in [-0.39, 0.29) is 4.90 Å². The number of halogens is 3. The Labute approximate surface area is 139 Å². The highest BCUT2D eigenvalue weighted by Gasteiger charge is 2.30. The quantitative estimate of drug-likeness (QED) is 0.594. The van der Waals surface area contributed by atoms with Crippen molar-refractivity contribution >= 4 is 56.4 Å².